The highest BCUT2D eigenvalue weighted by molar-refractivity contribution is 9.11. The van der Waals surface area contributed by atoms with Crippen LogP contribution < -0.4 is 18.0 Å². The molecule has 0 unspecified atom stereocenters. The van der Waals surface area contributed by atoms with Crippen LogP contribution in [0.4, 0.5) is 0 Å². The first kappa shape index (κ1) is 35.6. The lowest BCUT2D eigenvalue weighted by Gasteiger charge is -2.16. The highest BCUT2D eigenvalue weighted by atomic mass is 79.9. The van der Waals surface area contributed by atoms with Gasteiger partial charge in [0.2, 0.25) is 0 Å². The standard InChI is InChI=1S/C28H36Br4S6Si4/c1-39(2,3)25-17(29)13-14-18(30)26(40(4,5)6)36-22(14)34-24-16(20(32)28(38-24)42(10,11)12)15-19(31)27(41(7,8)9)37-23(15)33-21(13)35-25/h1-12H3. The maximum atomic E-state index is 4.23. The molecule has 0 aromatic carbocycles. The minimum absolute atomic E-state index is 1.33. The second kappa shape index (κ2) is 12.0. The van der Waals surface area contributed by atoms with E-state index in [0.717, 1.165) is 0 Å². The van der Waals surface area contributed by atoms with E-state index >= 15 is 0 Å². The molecule has 1 aliphatic heterocycles. The smallest absolute Gasteiger partial charge is 0.0919 e. The molecule has 228 valence electrons. The number of hydrogen-bond acceptors (Lipinski definition) is 6. The van der Waals surface area contributed by atoms with Crippen molar-refractivity contribution in [1.82, 2.24) is 0 Å². The summed E-state index contributed by atoms with van der Waals surface area (Å²) < 4.78 is 17.3. The van der Waals surface area contributed by atoms with E-state index in [9.17, 15) is 0 Å². The first-order chi connectivity index (χ1) is 19.0. The Morgan fingerprint density at radius 2 is 0.500 bits per heavy atom. The Morgan fingerprint density at radius 1 is 0.333 bits per heavy atom. The molecule has 5 rings (SSSR count). The summed E-state index contributed by atoms with van der Waals surface area (Å²) in [6, 6.07) is 0. The summed E-state index contributed by atoms with van der Waals surface area (Å²) in [5.41, 5.74) is 5.64. The van der Waals surface area contributed by atoms with Gasteiger partial charge in [0.05, 0.1) is 49.1 Å². The molecule has 0 saturated carbocycles. The van der Waals surface area contributed by atoms with Gasteiger partial charge >= 0.3 is 0 Å². The molecule has 0 amide bonds. The Kier molecular flexibility index (Phi) is 10.2. The average Bonchev–Trinajstić information content (AvgIpc) is 3.50. The van der Waals surface area contributed by atoms with E-state index in [-0.39, 0.29) is 0 Å². The van der Waals surface area contributed by atoms with E-state index in [1.165, 1.54) is 57.0 Å². The van der Waals surface area contributed by atoms with E-state index in [0.29, 0.717) is 0 Å². The molecular weight excluding hydrogens is 961 g/mol. The SMILES string of the molecule is C[Si](C)(C)c1sc2c(c1Br)-c1c(sc([Si](C)(C)C)c1Br)Sc1sc([Si](C)(C)C)c(Br)c1-c1c(sc([Si](C)(C)C)c1Br)S2. The maximum absolute atomic E-state index is 4.23. The van der Waals surface area contributed by atoms with Crippen molar-refractivity contribution in [2.24, 2.45) is 0 Å². The van der Waals surface area contributed by atoms with Crippen molar-refractivity contribution >= 4 is 183 Å². The molecule has 0 nitrogen and oxygen atoms in total. The molecule has 0 saturated heterocycles. The fraction of sp³-hybridized carbons (Fsp3) is 0.429. The maximum Gasteiger partial charge on any atom is 0.0919 e. The molecule has 4 aromatic rings. The second-order valence-corrected chi connectivity index (χ2v) is 46.6. The van der Waals surface area contributed by atoms with Gasteiger partial charge in [0.1, 0.15) is 0 Å². The van der Waals surface area contributed by atoms with E-state index in [2.05, 4.69) is 142 Å². The molecule has 0 bridgehead atoms. The summed E-state index contributed by atoms with van der Waals surface area (Å²) in [6.07, 6.45) is 0. The number of thiophene rings is 4. The number of fused-ring (bicyclic) bond motifs is 6. The van der Waals surface area contributed by atoms with Gasteiger partial charge in [-0.15, -0.1) is 45.3 Å². The minimum atomic E-state index is -1.59. The molecule has 1 aliphatic rings. The zero-order chi connectivity index (χ0) is 31.5. The molecule has 4 aromatic heterocycles. The number of hydrogen-bond donors (Lipinski definition) is 0. The van der Waals surface area contributed by atoms with Gasteiger partial charge in [-0.2, -0.15) is 0 Å². The Labute approximate surface area is 314 Å². The molecule has 0 fully saturated rings. The summed E-state index contributed by atoms with van der Waals surface area (Å²) in [4.78, 5) is 0. The van der Waals surface area contributed by atoms with Crippen molar-refractivity contribution in [2.45, 2.75) is 95.4 Å². The lowest BCUT2D eigenvalue weighted by molar-refractivity contribution is 1.50. The third-order valence-corrected chi connectivity index (χ3v) is 34.3. The van der Waals surface area contributed by atoms with Crippen LogP contribution >= 0.6 is 133 Å². The second-order valence-electron chi connectivity index (χ2n) is 14.8. The highest BCUT2D eigenvalue weighted by Crippen LogP contribution is 2.59. The van der Waals surface area contributed by atoms with Crippen LogP contribution in [0.2, 0.25) is 78.6 Å². The van der Waals surface area contributed by atoms with Gasteiger partial charge in [-0.05, 0) is 63.7 Å². The molecular formula is C28H36Br4S6Si4. The minimum Gasteiger partial charge on any atom is -0.136 e. The Hall–Kier alpha value is 2.29. The lowest BCUT2D eigenvalue weighted by atomic mass is 10.2. The molecule has 5 heterocycles. The Balaban J connectivity index is 1.96. The molecule has 14 heteroatoms. The third kappa shape index (κ3) is 6.38. The van der Waals surface area contributed by atoms with Gasteiger partial charge in [-0.25, -0.2) is 0 Å². The quantitative estimate of drug-likeness (QED) is 0.165. The van der Waals surface area contributed by atoms with E-state index in [1.807, 2.05) is 68.9 Å². The summed E-state index contributed by atoms with van der Waals surface area (Å²) in [5.74, 6) is 0. The number of halogens is 4. The van der Waals surface area contributed by atoms with Crippen LogP contribution in [0.25, 0.3) is 22.3 Å². The summed E-state index contributed by atoms with van der Waals surface area (Å²) in [7, 11) is -6.35. The van der Waals surface area contributed by atoms with Gasteiger partial charge in [-0.3, -0.25) is 0 Å². The van der Waals surface area contributed by atoms with Crippen LogP contribution in [0.3, 0.4) is 0 Å². The normalized spacial score (nSPS) is 14.5. The summed E-state index contributed by atoms with van der Waals surface area (Å²) >= 11 is 29.1. The van der Waals surface area contributed by atoms with Crippen molar-refractivity contribution in [3.05, 3.63) is 17.9 Å². The molecule has 42 heavy (non-hydrogen) atoms. The van der Waals surface area contributed by atoms with Gasteiger partial charge < -0.3 is 0 Å². The first-order valence-electron chi connectivity index (χ1n) is 13.7. The van der Waals surface area contributed by atoms with E-state index in [1.54, 1.807) is 18.0 Å². The monoisotopic (exact) mass is 992 g/mol. The van der Waals surface area contributed by atoms with Gasteiger partial charge in [0, 0.05) is 58.1 Å². The van der Waals surface area contributed by atoms with Gasteiger partial charge in [0.25, 0.3) is 0 Å². The first-order valence-corrected chi connectivity index (χ1v) is 35.8. The van der Waals surface area contributed by atoms with Crippen LogP contribution in [0.1, 0.15) is 0 Å². The molecule has 0 radical (unpaired) electrons. The van der Waals surface area contributed by atoms with Crippen LogP contribution in [-0.4, -0.2) is 32.3 Å². The molecule has 0 aliphatic carbocycles. The van der Waals surface area contributed by atoms with Crippen LogP contribution in [0.5, 0.6) is 0 Å². The predicted octanol–water partition coefficient (Wildman–Crippen LogP) is 13.1. The zero-order valence-corrected chi connectivity index (χ0v) is 41.2. The fourth-order valence-electron chi connectivity index (χ4n) is 4.80. The van der Waals surface area contributed by atoms with Crippen LogP contribution in [0.15, 0.2) is 34.7 Å². The average molecular weight is 997 g/mol. The van der Waals surface area contributed by atoms with E-state index in [4.69, 9.17) is 0 Å². The fourth-order valence-corrected chi connectivity index (χ4v) is 33.0. The predicted molar refractivity (Wildman–Crippen MR) is 226 cm³/mol. The van der Waals surface area contributed by atoms with Gasteiger partial charge in [0.15, 0.2) is 0 Å². The third-order valence-electron chi connectivity index (χ3n) is 6.87. The van der Waals surface area contributed by atoms with Crippen molar-refractivity contribution in [2.75, 3.05) is 0 Å². The van der Waals surface area contributed by atoms with Crippen molar-refractivity contribution < 1.29 is 0 Å². The van der Waals surface area contributed by atoms with Crippen molar-refractivity contribution in [1.29, 1.82) is 0 Å². The van der Waals surface area contributed by atoms with E-state index < -0.39 is 32.3 Å². The Bertz CT molecular complexity index is 1470. The highest BCUT2D eigenvalue weighted by Gasteiger charge is 2.39. The lowest BCUT2D eigenvalue weighted by Crippen LogP contribution is -2.36. The largest absolute Gasteiger partial charge is 0.136 e. The van der Waals surface area contributed by atoms with Gasteiger partial charge in [-0.1, -0.05) is 102 Å². The molecule has 0 atom stereocenters. The Morgan fingerprint density at radius 3 is 0.643 bits per heavy atom. The summed E-state index contributed by atoms with van der Waals surface area (Å²) in [6.45, 7) is 29.8. The zero-order valence-electron chi connectivity index (χ0n) is 26.0. The van der Waals surface area contributed by atoms with Crippen molar-refractivity contribution in [3.63, 3.8) is 0 Å². The topological polar surface area (TPSA) is 0 Å². The van der Waals surface area contributed by atoms with Crippen molar-refractivity contribution in [3.8, 4) is 22.3 Å². The molecule has 0 spiro atoms. The number of rotatable bonds is 4. The van der Waals surface area contributed by atoms with Crippen LogP contribution in [0, 0.1) is 0 Å². The van der Waals surface area contributed by atoms with Crippen LogP contribution in [-0.2, 0) is 0 Å². The summed E-state index contributed by atoms with van der Waals surface area (Å²) in [5, 5.41) is 0. The molecule has 0 N–H and O–H groups in total.